The number of carbonyl (C=O) groups excluding carboxylic acids is 1. The van der Waals surface area contributed by atoms with Crippen molar-refractivity contribution in [3.8, 4) is 0 Å². The second kappa shape index (κ2) is 3.85. The summed E-state index contributed by atoms with van der Waals surface area (Å²) in [6.45, 7) is 1.74. The maximum Gasteiger partial charge on any atom is 0.230 e. The normalized spacial score (nSPS) is 12.9. The second-order valence-corrected chi connectivity index (χ2v) is 4.30. The first-order valence-corrected chi connectivity index (χ1v) is 5.16. The number of thioether (sulfide) groups is 1. The van der Waals surface area contributed by atoms with Gasteiger partial charge in [0, 0.05) is 0 Å². The summed E-state index contributed by atoms with van der Waals surface area (Å²) in [5, 5.41) is 7.78. The van der Waals surface area contributed by atoms with Crippen LogP contribution >= 0.6 is 11.8 Å². The zero-order valence-corrected chi connectivity index (χ0v) is 8.78. The molecular weight excluding hydrogens is 214 g/mol. The van der Waals surface area contributed by atoms with E-state index in [1.807, 2.05) is 0 Å². The third-order valence-corrected chi connectivity index (χ3v) is 3.03. The molecule has 6 nitrogen and oxygen atoms in total. The summed E-state index contributed by atoms with van der Waals surface area (Å²) in [6.07, 6.45) is 3.06. The smallest absolute Gasteiger partial charge is 0.230 e. The zero-order valence-electron chi connectivity index (χ0n) is 7.97. The van der Waals surface area contributed by atoms with Crippen molar-refractivity contribution < 1.29 is 4.79 Å². The van der Waals surface area contributed by atoms with E-state index in [2.05, 4.69) is 20.2 Å². The molecule has 1 amide bonds. The molecule has 2 rings (SSSR count). The maximum atomic E-state index is 10.9. The molecule has 2 aromatic rings. The van der Waals surface area contributed by atoms with E-state index in [0.717, 1.165) is 5.39 Å². The maximum absolute atomic E-state index is 10.9. The van der Waals surface area contributed by atoms with Gasteiger partial charge in [0.25, 0.3) is 0 Å². The highest BCUT2D eigenvalue weighted by Gasteiger charge is 2.14. The molecule has 7 heteroatoms. The van der Waals surface area contributed by atoms with E-state index in [-0.39, 0.29) is 11.2 Å². The summed E-state index contributed by atoms with van der Waals surface area (Å²) in [6, 6.07) is 0. The summed E-state index contributed by atoms with van der Waals surface area (Å²) in [4.78, 5) is 19.0. The first kappa shape index (κ1) is 9.91. The lowest BCUT2D eigenvalue weighted by atomic mass is 10.4. The van der Waals surface area contributed by atoms with Crippen LogP contribution in [-0.2, 0) is 4.79 Å². The number of nitrogens with one attached hydrogen (secondary N) is 1. The molecule has 15 heavy (non-hydrogen) atoms. The summed E-state index contributed by atoms with van der Waals surface area (Å²) in [5.74, 6) is -0.366. The number of hydrogen-bond donors (Lipinski definition) is 2. The highest BCUT2D eigenvalue weighted by Crippen LogP contribution is 2.26. The number of nitrogens with two attached hydrogens (primary N) is 1. The van der Waals surface area contributed by atoms with Crippen LogP contribution in [0.1, 0.15) is 6.92 Å². The molecule has 0 saturated carbocycles. The minimum atomic E-state index is -0.366. The van der Waals surface area contributed by atoms with Gasteiger partial charge in [0.05, 0.1) is 16.8 Å². The van der Waals surface area contributed by atoms with Crippen LogP contribution in [0.15, 0.2) is 17.6 Å². The van der Waals surface area contributed by atoms with Gasteiger partial charge in [-0.15, -0.1) is 0 Å². The van der Waals surface area contributed by atoms with Crippen molar-refractivity contribution in [3.63, 3.8) is 0 Å². The SMILES string of the molecule is C[C@@H](Sc1ncnc2[nH]ncc12)C(N)=O. The lowest BCUT2D eigenvalue weighted by Crippen LogP contribution is -2.22. The third kappa shape index (κ3) is 1.91. The van der Waals surface area contributed by atoms with E-state index < -0.39 is 0 Å². The Morgan fingerprint density at radius 3 is 3.13 bits per heavy atom. The van der Waals surface area contributed by atoms with Gasteiger partial charge < -0.3 is 5.73 Å². The molecule has 0 aliphatic heterocycles. The highest BCUT2D eigenvalue weighted by molar-refractivity contribution is 8.00. The van der Waals surface area contributed by atoms with Crippen LogP contribution in [0.3, 0.4) is 0 Å². The van der Waals surface area contributed by atoms with Crippen LogP contribution in [0.4, 0.5) is 0 Å². The van der Waals surface area contributed by atoms with E-state index in [4.69, 9.17) is 5.73 Å². The highest BCUT2D eigenvalue weighted by atomic mass is 32.2. The van der Waals surface area contributed by atoms with Gasteiger partial charge in [-0.1, -0.05) is 11.8 Å². The Hall–Kier alpha value is -1.63. The molecule has 0 fully saturated rings. The average molecular weight is 223 g/mol. The molecule has 0 bridgehead atoms. The quantitative estimate of drug-likeness (QED) is 0.576. The van der Waals surface area contributed by atoms with E-state index in [1.165, 1.54) is 18.1 Å². The average Bonchev–Trinajstić information content (AvgIpc) is 2.66. The molecule has 0 aliphatic carbocycles. The minimum Gasteiger partial charge on any atom is -0.369 e. The first-order valence-electron chi connectivity index (χ1n) is 4.28. The van der Waals surface area contributed by atoms with Crippen LogP contribution in [0, 0.1) is 0 Å². The van der Waals surface area contributed by atoms with Crippen LogP contribution in [0.5, 0.6) is 0 Å². The third-order valence-electron chi connectivity index (χ3n) is 1.90. The molecule has 0 aliphatic rings. The van der Waals surface area contributed by atoms with Crippen LogP contribution < -0.4 is 5.73 Å². The molecule has 1 atom stereocenters. The standard InChI is InChI=1S/C8H9N5OS/c1-4(6(9)14)15-8-5-2-12-13-7(5)10-3-11-8/h2-4H,1H3,(H2,9,14)(H,10,11,12,13)/t4-/m1/s1. The number of nitrogens with zero attached hydrogens (tertiary/aromatic N) is 3. The summed E-state index contributed by atoms with van der Waals surface area (Å²) >= 11 is 1.30. The Balaban J connectivity index is 2.35. The molecule has 0 aromatic carbocycles. The van der Waals surface area contributed by atoms with Gasteiger partial charge in [0.15, 0.2) is 5.65 Å². The number of hydrogen-bond acceptors (Lipinski definition) is 5. The largest absolute Gasteiger partial charge is 0.369 e. The first-order chi connectivity index (χ1) is 7.18. The fourth-order valence-corrected chi connectivity index (χ4v) is 1.90. The molecule has 2 aromatic heterocycles. The fourth-order valence-electron chi connectivity index (χ4n) is 1.06. The van der Waals surface area contributed by atoms with Gasteiger partial charge in [0.2, 0.25) is 5.91 Å². The number of amides is 1. The Bertz CT molecular complexity index is 496. The molecule has 3 N–H and O–H groups in total. The van der Waals surface area contributed by atoms with Gasteiger partial charge in [0.1, 0.15) is 11.4 Å². The van der Waals surface area contributed by atoms with Crippen molar-refractivity contribution in [3.05, 3.63) is 12.5 Å². The lowest BCUT2D eigenvalue weighted by molar-refractivity contribution is -0.117. The number of primary amides is 1. The Kier molecular flexibility index (Phi) is 2.55. The van der Waals surface area contributed by atoms with Crippen LogP contribution in [0.25, 0.3) is 11.0 Å². The molecule has 0 spiro atoms. The zero-order chi connectivity index (χ0) is 10.8. The monoisotopic (exact) mass is 223 g/mol. The van der Waals surface area contributed by atoms with Gasteiger partial charge >= 0.3 is 0 Å². The molecule has 0 saturated heterocycles. The second-order valence-electron chi connectivity index (χ2n) is 2.97. The predicted molar refractivity (Wildman–Crippen MR) is 56.2 cm³/mol. The van der Waals surface area contributed by atoms with Crippen molar-refractivity contribution in [2.45, 2.75) is 17.2 Å². The van der Waals surface area contributed by atoms with Gasteiger partial charge in [-0.05, 0) is 6.92 Å². The number of fused-ring (bicyclic) bond motifs is 1. The van der Waals surface area contributed by atoms with Crippen LogP contribution in [0.2, 0.25) is 0 Å². The summed E-state index contributed by atoms with van der Waals surface area (Å²) in [7, 11) is 0. The Morgan fingerprint density at radius 2 is 2.40 bits per heavy atom. The van der Waals surface area contributed by atoms with Gasteiger partial charge in [-0.25, -0.2) is 9.97 Å². The summed E-state index contributed by atoms with van der Waals surface area (Å²) in [5.41, 5.74) is 5.83. The lowest BCUT2D eigenvalue weighted by Gasteiger charge is -2.05. The molecule has 0 radical (unpaired) electrons. The Morgan fingerprint density at radius 1 is 1.60 bits per heavy atom. The van der Waals surface area contributed by atoms with E-state index in [0.29, 0.717) is 10.7 Å². The van der Waals surface area contributed by atoms with Crippen LogP contribution in [-0.4, -0.2) is 31.3 Å². The van der Waals surface area contributed by atoms with Crippen molar-refractivity contribution in [2.24, 2.45) is 5.73 Å². The number of aromatic amines is 1. The topological polar surface area (TPSA) is 97.6 Å². The van der Waals surface area contributed by atoms with Crippen molar-refractivity contribution in [2.75, 3.05) is 0 Å². The molecule has 0 unspecified atom stereocenters. The van der Waals surface area contributed by atoms with Crippen molar-refractivity contribution >= 4 is 28.7 Å². The molecule has 78 valence electrons. The number of rotatable bonds is 3. The minimum absolute atomic E-state index is 0.321. The van der Waals surface area contributed by atoms with E-state index >= 15 is 0 Å². The van der Waals surface area contributed by atoms with E-state index in [9.17, 15) is 4.79 Å². The predicted octanol–water partition coefficient (Wildman–Crippen LogP) is 0.319. The summed E-state index contributed by atoms with van der Waals surface area (Å²) < 4.78 is 0. The van der Waals surface area contributed by atoms with Gasteiger partial charge in [-0.2, -0.15) is 5.10 Å². The fraction of sp³-hybridized carbons (Fsp3) is 0.250. The number of H-pyrrole nitrogens is 1. The van der Waals surface area contributed by atoms with E-state index in [1.54, 1.807) is 13.1 Å². The van der Waals surface area contributed by atoms with Crippen molar-refractivity contribution in [1.29, 1.82) is 0 Å². The molecule has 2 heterocycles. The van der Waals surface area contributed by atoms with Gasteiger partial charge in [-0.3, -0.25) is 9.89 Å². The number of carbonyl (C=O) groups is 1. The Labute approximate surface area is 89.7 Å². The number of aromatic nitrogens is 4. The molecular formula is C8H9N5OS. The van der Waals surface area contributed by atoms with Crippen molar-refractivity contribution in [1.82, 2.24) is 20.2 Å².